The number of nitrogens with zero attached hydrogens (tertiary/aromatic N) is 1. The molecular formula is C13H15NO2. The fraction of sp³-hybridized carbons (Fsp3) is 0.308. The molecule has 0 saturated heterocycles. The van der Waals surface area contributed by atoms with Crippen LogP contribution in [0.4, 0.5) is 0 Å². The van der Waals surface area contributed by atoms with Gasteiger partial charge in [0.15, 0.2) is 5.78 Å². The molecule has 3 heteroatoms. The van der Waals surface area contributed by atoms with Crippen LogP contribution in [0, 0.1) is 0 Å². The van der Waals surface area contributed by atoms with Gasteiger partial charge < -0.3 is 9.30 Å². The van der Waals surface area contributed by atoms with Crippen LogP contribution in [0.5, 0.6) is 5.75 Å². The summed E-state index contributed by atoms with van der Waals surface area (Å²) in [7, 11) is 1.64. The van der Waals surface area contributed by atoms with Crippen LogP contribution < -0.4 is 4.74 Å². The molecule has 1 heterocycles. The molecule has 0 amide bonds. The van der Waals surface area contributed by atoms with Gasteiger partial charge in [-0.1, -0.05) is 0 Å². The summed E-state index contributed by atoms with van der Waals surface area (Å²) in [4.78, 5) is 11.5. The molecule has 84 valence electrons. The van der Waals surface area contributed by atoms with E-state index in [-0.39, 0.29) is 5.78 Å². The summed E-state index contributed by atoms with van der Waals surface area (Å²) in [6.07, 6.45) is 0. The number of Topliss-reactive ketones (excluding diaryl/α,β-unsaturated/α-hetero) is 1. The standard InChI is InChI=1S/C13H15NO2/c1-4-14-12-6-5-11(16-3)7-10(12)8-13(14)9(2)15/h5-8H,4H2,1-3H3. The van der Waals surface area contributed by atoms with Crippen LogP contribution in [-0.4, -0.2) is 17.5 Å². The maximum atomic E-state index is 11.5. The zero-order valence-corrected chi connectivity index (χ0v) is 9.78. The highest BCUT2D eigenvalue weighted by Crippen LogP contribution is 2.24. The second kappa shape index (κ2) is 4.00. The molecule has 3 nitrogen and oxygen atoms in total. The molecule has 2 aromatic rings. The molecule has 0 fully saturated rings. The molecule has 0 unspecified atom stereocenters. The van der Waals surface area contributed by atoms with Crippen molar-refractivity contribution in [2.45, 2.75) is 20.4 Å². The van der Waals surface area contributed by atoms with Gasteiger partial charge in [-0.15, -0.1) is 0 Å². The van der Waals surface area contributed by atoms with E-state index < -0.39 is 0 Å². The monoisotopic (exact) mass is 217 g/mol. The summed E-state index contributed by atoms with van der Waals surface area (Å²) in [6, 6.07) is 7.78. The SMILES string of the molecule is CCn1c(C(C)=O)cc2cc(OC)ccc21. The van der Waals surface area contributed by atoms with Gasteiger partial charge in [-0.25, -0.2) is 0 Å². The highest BCUT2D eigenvalue weighted by atomic mass is 16.5. The Kier molecular flexibility index (Phi) is 2.69. The third kappa shape index (κ3) is 1.58. The Morgan fingerprint density at radius 2 is 2.12 bits per heavy atom. The molecule has 16 heavy (non-hydrogen) atoms. The maximum Gasteiger partial charge on any atom is 0.176 e. The Morgan fingerprint density at radius 3 is 2.69 bits per heavy atom. The number of methoxy groups -OCH3 is 1. The van der Waals surface area contributed by atoms with E-state index in [1.54, 1.807) is 14.0 Å². The van der Waals surface area contributed by atoms with Gasteiger partial charge in [0, 0.05) is 24.4 Å². The Morgan fingerprint density at radius 1 is 1.38 bits per heavy atom. The van der Waals surface area contributed by atoms with E-state index in [2.05, 4.69) is 0 Å². The number of ketones is 1. The van der Waals surface area contributed by atoms with Gasteiger partial charge in [-0.3, -0.25) is 4.79 Å². The summed E-state index contributed by atoms with van der Waals surface area (Å²) < 4.78 is 7.20. The van der Waals surface area contributed by atoms with Gasteiger partial charge in [-0.2, -0.15) is 0 Å². The van der Waals surface area contributed by atoms with Crippen molar-refractivity contribution in [1.82, 2.24) is 4.57 Å². The first-order chi connectivity index (χ1) is 7.67. The number of aromatic nitrogens is 1. The first-order valence-electron chi connectivity index (χ1n) is 5.35. The number of hydrogen-bond donors (Lipinski definition) is 0. The molecule has 1 aromatic carbocycles. The zero-order chi connectivity index (χ0) is 11.7. The number of aryl methyl sites for hydroxylation is 1. The second-order valence-electron chi connectivity index (χ2n) is 3.75. The molecule has 0 aliphatic heterocycles. The van der Waals surface area contributed by atoms with E-state index in [9.17, 15) is 4.79 Å². The summed E-state index contributed by atoms with van der Waals surface area (Å²) in [5.74, 6) is 0.910. The average molecular weight is 217 g/mol. The average Bonchev–Trinajstić information content (AvgIpc) is 2.66. The van der Waals surface area contributed by atoms with E-state index in [0.29, 0.717) is 0 Å². The third-order valence-corrected chi connectivity index (χ3v) is 2.79. The minimum Gasteiger partial charge on any atom is -0.497 e. The lowest BCUT2D eigenvalue weighted by Gasteiger charge is -2.05. The number of fused-ring (bicyclic) bond motifs is 1. The van der Waals surface area contributed by atoms with Crippen LogP contribution in [0.1, 0.15) is 24.3 Å². The van der Waals surface area contributed by atoms with Gasteiger partial charge in [0.2, 0.25) is 0 Å². The lowest BCUT2D eigenvalue weighted by atomic mass is 10.2. The normalized spacial score (nSPS) is 10.7. The number of hydrogen-bond acceptors (Lipinski definition) is 2. The molecule has 0 atom stereocenters. The Bertz CT molecular complexity index is 540. The van der Waals surface area contributed by atoms with Crippen molar-refractivity contribution in [2.75, 3.05) is 7.11 Å². The number of rotatable bonds is 3. The lowest BCUT2D eigenvalue weighted by molar-refractivity contribution is 0.100. The fourth-order valence-electron chi connectivity index (χ4n) is 2.01. The van der Waals surface area contributed by atoms with Gasteiger partial charge in [0.1, 0.15) is 5.75 Å². The van der Waals surface area contributed by atoms with Crippen LogP contribution >= 0.6 is 0 Å². The Labute approximate surface area is 94.6 Å². The van der Waals surface area contributed by atoms with E-state index >= 15 is 0 Å². The van der Waals surface area contributed by atoms with Crippen LogP contribution in [0.25, 0.3) is 10.9 Å². The van der Waals surface area contributed by atoms with Gasteiger partial charge in [0.25, 0.3) is 0 Å². The molecule has 0 aliphatic carbocycles. The van der Waals surface area contributed by atoms with E-state index in [4.69, 9.17) is 4.74 Å². The van der Waals surface area contributed by atoms with Crippen LogP contribution in [0.2, 0.25) is 0 Å². The molecule has 0 bridgehead atoms. The quantitative estimate of drug-likeness (QED) is 0.740. The van der Waals surface area contributed by atoms with Crippen molar-refractivity contribution in [1.29, 1.82) is 0 Å². The molecule has 0 radical (unpaired) electrons. The van der Waals surface area contributed by atoms with Crippen molar-refractivity contribution in [2.24, 2.45) is 0 Å². The highest BCUT2D eigenvalue weighted by molar-refractivity contribution is 5.99. The van der Waals surface area contributed by atoms with Crippen molar-refractivity contribution >= 4 is 16.7 Å². The number of carbonyl (C=O) groups is 1. The largest absolute Gasteiger partial charge is 0.497 e. The molecule has 2 rings (SSSR count). The Balaban J connectivity index is 2.71. The van der Waals surface area contributed by atoms with E-state index in [1.807, 2.05) is 35.8 Å². The molecule has 0 N–H and O–H groups in total. The van der Waals surface area contributed by atoms with E-state index in [0.717, 1.165) is 28.9 Å². The predicted molar refractivity (Wildman–Crippen MR) is 64.2 cm³/mol. The first-order valence-corrected chi connectivity index (χ1v) is 5.35. The van der Waals surface area contributed by atoms with Crippen molar-refractivity contribution in [3.63, 3.8) is 0 Å². The van der Waals surface area contributed by atoms with Gasteiger partial charge in [0.05, 0.1) is 12.8 Å². The minimum absolute atomic E-state index is 0.0945. The van der Waals surface area contributed by atoms with E-state index in [1.165, 1.54) is 0 Å². The second-order valence-corrected chi connectivity index (χ2v) is 3.75. The topological polar surface area (TPSA) is 31.2 Å². The lowest BCUT2D eigenvalue weighted by Crippen LogP contribution is -2.04. The zero-order valence-electron chi connectivity index (χ0n) is 9.78. The van der Waals surface area contributed by atoms with Gasteiger partial charge >= 0.3 is 0 Å². The molecule has 0 spiro atoms. The van der Waals surface area contributed by atoms with Crippen molar-refractivity contribution < 1.29 is 9.53 Å². The molecule has 1 aromatic heterocycles. The highest BCUT2D eigenvalue weighted by Gasteiger charge is 2.11. The van der Waals surface area contributed by atoms with Crippen molar-refractivity contribution in [3.05, 3.63) is 30.0 Å². The van der Waals surface area contributed by atoms with Crippen molar-refractivity contribution in [3.8, 4) is 5.75 Å². The number of benzene rings is 1. The molecular weight excluding hydrogens is 202 g/mol. The summed E-state index contributed by atoms with van der Waals surface area (Å²) in [6.45, 7) is 4.43. The molecule has 0 aliphatic rings. The van der Waals surface area contributed by atoms with Gasteiger partial charge in [-0.05, 0) is 31.2 Å². The van der Waals surface area contributed by atoms with Crippen LogP contribution in [0.15, 0.2) is 24.3 Å². The predicted octanol–water partition coefficient (Wildman–Crippen LogP) is 2.87. The summed E-state index contributed by atoms with van der Waals surface area (Å²) >= 11 is 0. The maximum absolute atomic E-state index is 11.5. The van der Waals surface area contributed by atoms with Crippen LogP contribution in [-0.2, 0) is 6.54 Å². The summed E-state index contributed by atoms with van der Waals surface area (Å²) in [5, 5.41) is 1.05. The Hall–Kier alpha value is -1.77. The van der Waals surface area contributed by atoms with Crippen LogP contribution in [0.3, 0.4) is 0 Å². The third-order valence-electron chi connectivity index (χ3n) is 2.79. The fourth-order valence-corrected chi connectivity index (χ4v) is 2.01. The summed E-state index contributed by atoms with van der Waals surface area (Å²) in [5.41, 5.74) is 1.83. The molecule has 0 saturated carbocycles. The first kappa shape index (κ1) is 10.7. The smallest absolute Gasteiger partial charge is 0.176 e. The number of ether oxygens (including phenoxy) is 1. The number of carbonyl (C=O) groups excluding carboxylic acids is 1. The minimum atomic E-state index is 0.0945.